The predicted molar refractivity (Wildman–Crippen MR) is 87.0 cm³/mol. The second-order valence-electron chi connectivity index (χ2n) is 4.44. The van der Waals surface area contributed by atoms with Crippen LogP contribution in [0.3, 0.4) is 0 Å². The van der Waals surface area contributed by atoms with Crippen LogP contribution in [0.5, 0.6) is 5.75 Å². The summed E-state index contributed by atoms with van der Waals surface area (Å²) in [6.45, 7) is 2.53. The Labute approximate surface area is 135 Å². The average Bonchev–Trinajstić information content (AvgIpc) is 2.46. The molecule has 0 radical (unpaired) electrons. The van der Waals surface area contributed by atoms with E-state index in [1.54, 1.807) is 12.1 Å². The van der Waals surface area contributed by atoms with Crippen LogP contribution in [0.4, 0.5) is 0 Å². The van der Waals surface area contributed by atoms with Gasteiger partial charge in [-0.15, -0.1) is 0 Å². The first-order valence-corrected chi connectivity index (χ1v) is 8.02. The molecular formula is C16H13Br2NO. The van der Waals surface area contributed by atoms with Crippen LogP contribution < -0.4 is 4.74 Å². The summed E-state index contributed by atoms with van der Waals surface area (Å²) in [5, 5.41) is 9.52. The molecular weight excluding hydrogens is 382 g/mol. The lowest BCUT2D eigenvalue weighted by Crippen LogP contribution is -2.00. The molecule has 2 aromatic rings. The summed E-state index contributed by atoms with van der Waals surface area (Å²) in [6.07, 6.45) is 0. The quantitative estimate of drug-likeness (QED) is 0.675. The van der Waals surface area contributed by atoms with Crippen molar-refractivity contribution in [2.75, 3.05) is 0 Å². The largest absolute Gasteiger partial charge is 0.488 e. The Morgan fingerprint density at radius 2 is 1.90 bits per heavy atom. The molecule has 0 N–H and O–H groups in total. The number of hydrogen-bond acceptors (Lipinski definition) is 2. The highest BCUT2D eigenvalue weighted by Crippen LogP contribution is 2.30. The van der Waals surface area contributed by atoms with E-state index in [0.717, 1.165) is 32.2 Å². The minimum absolute atomic E-state index is 0.494. The summed E-state index contributed by atoms with van der Waals surface area (Å²) >= 11 is 6.98. The van der Waals surface area contributed by atoms with Gasteiger partial charge in [-0.05, 0) is 42.3 Å². The molecule has 0 bridgehead atoms. The van der Waals surface area contributed by atoms with Crippen molar-refractivity contribution in [1.29, 1.82) is 5.26 Å². The number of aryl methyl sites for hydroxylation is 1. The normalized spacial score (nSPS) is 10.1. The van der Waals surface area contributed by atoms with E-state index in [-0.39, 0.29) is 0 Å². The molecule has 0 amide bonds. The number of hydrogen-bond donors (Lipinski definition) is 0. The third-order valence-electron chi connectivity index (χ3n) is 2.93. The summed E-state index contributed by atoms with van der Waals surface area (Å²) in [5.41, 5.74) is 3.93. The van der Waals surface area contributed by atoms with Gasteiger partial charge in [0.15, 0.2) is 0 Å². The lowest BCUT2D eigenvalue weighted by Gasteiger charge is -2.14. The lowest BCUT2D eigenvalue weighted by atomic mass is 10.1. The van der Waals surface area contributed by atoms with Crippen molar-refractivity contribution in [3.8, 4) is 11.8 Å². The van der Waals surface area contributed by atoms with Crippen LogP contribution in [-0.2, 0) is 11.9 Å². The van der Waals surface area contributed by atoms with E-state index in [9.17, 15) is 0 Å². The topological polar surface area (TPSA) is 33.0 Å². The van der Waals surface area contributed by atoms with Crippen molar-refractivity contribution >= 4 is 31.9 Å². The summed E-state index contributed by atoms with van der Waals surface area (Å²) in [7, 11) is 0. The van der Waals surface area contributed by atoms with Gasteiger partial charge in [-0.25, -0.2) is 0 Å². The molecule has 0 fully saturated rings. The highest BCUT2D eigenvalue weighted by molar-refractivity contribution is 9.10. The van der Waals surface area contributed by atoms with Crippen LogP contribution in [0.1, 0.15) is 22.3 Å². The number of halogens is 2. The van der Waals surface area contributed by atoms with Crippen LogP contribution in [0.25, 0.3) is 0 Å². The minimum Gasteiger partial charge on any atom is -0.488 e. The molecule has 2 nitrogen and oxygen atoms in total. The zero-order valence-electron chi connectivity index (χ0n) is 11.0. The van der Waals surface area contributed by atoms with E-state index in [1.807, 2.05) is 25.1 Å². The van der Waals surface area contributed by atoms with Crippen LogP contribution in [0.2, 0.25) is 0 Å². The minimum atomic E-state index is 0.494. The van der Waals surface area contributed by atoms with Crippen molar-refractivity contribution in [1.82, 2.24) is 0 Å². The van der Waals surface area contributed by atoms with Gasteiger partial charge >= 0.3 is 0 Å². The standard InChI is InChI=1S/C16H13Br2NO/c1-11-6-15(18)7-14(8-17)16(11)20-10-13-4-2-12(9-19)3-5-13/h2-7H,8,10H2,1H3. The van der Waals surface area contributed by atoms with Crippen LogP contribution >= 0.6 is 31.9 Å². The SMILES string of the molecule is Cc1cc(Br)cc(CBr)c1OCc1ccc(C#N)cc1. The van der Waals surface area contributed by atoms with Gasteiger partial charge in [-0.1, -0.05) is 44.0 Å². The molecule has 4 heteroatoms. The fourth-order valence-electron chi connectivity index (χ4n) is 1.94. The number of alkyl halides is 1. The fourth-order valence-corrected chi connectivity index (χ4v) is 2.97. The van der Waals surface area contributed by atoms with E-state index in [0.29, 0.717) is 12.2 Å². The number of ether oxygens (including phenoxy) is 1. The maximum absolute atomic E-state index is 8.78. The molecule has 0 aromatic heterocycles. The molecule has 102 valence electrons. The Morgan fingerprint density at radius 1 is 1.20 bits per heavy atom. The molecule has 0 aliphatic rings. The first-order valence-electron chi connectivity index (χ1n) is 6.11. The van der Waals surface area contributed by atoms with E-state index in [1.165, 1.54) is 0 Å². The highest BCUT2D eigenvalue weighted by Gasteiger charge is 2.08. The summed E-state index contributed by atoms with van der Waals surface area (Å²) in [4.78, 5) is 0. The number of rotatable bonds is 4. The summed E-state index contributed by atoms with van der Waals surface area (Å²) < 4.78 is 6.99. The second kappa shape index (κ2) is 6.92. The second-order valence-corrected chi connectivity index (χ2v) is 5.92. The van der Waals surface area contributed by atoms with E-state index in [2.05, 4.69) is 44.0 Å². The van der Waals surface area contributed by atoms with Gasteiger partial charge in [-0.2, -0.15) is 5.26 Å². The van der Waals surface area contributed by atoms with Crippen molar-refractivity contribution in [3.05, 3.63) is 63.1 Å². The average molecular weight is 395 g/mol. The Morgan fingerprint density at radius 3 is 2.50 bits per heavy atom. The van der Waals surface area contributed by atoms with Gasteiger partial charge in [0.1, 0.15) is 12.4 Å². The number of nitriles is 1. The maximum Gasteiger partial charge on any atom is 0.126 e. The zero-order chi connectivity index (χ0) is 14.5. The van der Waals surface area contributed by atoms with E-state index >= 15 is 0 Å². The van der Waals surface area contributed by atoms with Gasteiger partial charge in [0.05, 0.1) is 11.6 Å². The van der Waals surface area contributed by atoms with Gasteiger partial charge in [0.25, 0.3) is 0 Å². The van der Waals surface area contributed by atoms with Crippen molar-refractivity contribution in [2.45, 2.75) is 18.9 Å². The Hall–Kier alpha value is -1.31. The molecule has 0 spiro atoms. The monoisotopic (exact) mass is 393 g/mol. The number of nitrogens with zero attached hydrogens (tertiary/aromatic N) is 1. The number of benzene rings is 2. The molecule has 20 heavy (non-hydrogen) atoms. The first-order chi connectivity index (χ1) is 9.63. The van der Waals surface area contributed by atoms with Crippen LogP contribution in [0.15, 0.2) is 40.9 Å². The summed E-state index contributed by atoms with van der Waals surface area (Å²) in [5.74, 6) is 0.912. The Bertz CT molecular complexity index is 645. The van der Waals surface area contributed by atoms with Gasteiger partial charge in [-0.3, -0.25) is 0 Å². The van der Waals surface area contributed by atoms with Crippen molar-refractivity contribution in [2.24, 2.45) is 0 Å². The molecule has 0 unspecified atom stereocenters. The fraction of sp³-hybridized carbons (Fsp3) is 0.188. The molecule has 2 aromatic carbocycles. The predicted octanol–water partition coefficient (Wildman–Crippen LogP) is 5.10. The first kappa shape index (κ1) is 15.1. The maximum atomic E-state index is 8.78. The highest BCUT2D eigenvalue weighted by atomic mass is 79.9. The lowest BCUT2D eigenvalue weighted by molar-refractivity contribution is 0.302. The third kappa shape index (κ3) is 3.62. The molecule has 0 aliphatic carbocycles. The van der Waals surface area contributed by atoms with Crippen LogP contribution in [0, 0.1) is 18.3 Å². The smallest absolute Gasteiger partial charge is 0.126 e. The van der Waals surface area contributed by atoms with Crippen LogP contribution in [-0.4, -0.2) is 0 Å². The molecule has 0 atom stereocenters. The van der Waals surface area contributed by atoms with Gasteiger partial charge < -0.3 is 4.74 Å². The summed E-state index contributed by atoms with van der Waals surface area (Å²) in [6, 6.07) is 13.6. The van der Waals surface area contributed by atoms with Gasteiger partial charge in [0, 0.05) is 15.4 Å². The molecule has 0 saturated carbocycles. The molecule has 0 aliphatic heterocycles. The molecule has 0 saturated heterocycles. The Kier molecular flexibility index (Phi) is 5.22. The van der Waals surface area contributed by atoms with Gasteiger partial charge in [0.2, 0.25) is 0 Å². The zero-order valence-corrected chi connectivity index (χ0v) is 14.2. The van der Waals surface area contributed by atoms with Crippen molar-refractivity contribution < 1.29 is 4.74 Å². The van der Waals surface area contributed by atoms with Crippen molar-refractivity contribution in [3.63, 3.8) is 0 Å². The third-order valence-corrected chi connectivity index (χ3v) is 3.99. The van der Waals surface area contributed by atoms with E-state index < -0.39 is 0 Å². The Balaban J connectivity index is 2.16. The molecule has 2 rings (SSSR count). The van der Waals surface area contributed by atoms with E-state index in [4.69, 9.17) is 10.00 Å². The molecule has 0 heterocycles.